The summed E-state index contributed by atoms with van der Waals surface area (Å²) in [5, 5.41) is 17.0. The maximum atomic E-state index is 11.1. The molecule has 0 spiro atoms. The zero-order valence-electron chi connectivity index (χ0n) is 20.2. The lowest BCUT2D eigenvalue weighted by atomic mass is 9.98. The first-order valence-electron chi connectivity index (χ1n) is 11.1. The predicted molar refractivity (Wildman–Crippen MR) is 137 cm³/mol. The van der Waals surface area contributed by atoms with Gasteiger partial charge in [-0.25, -0.2) is 9.78 Å². The number of thioether (sulfide) groups is 1. The van der Waals surface area contributed by atoms with E-state index < -0.39 is 38.1 Å². The Labute approximate surface area is 206 Å². The Kier molecular flexibility index (Phi) is 9.19. The molecular formula is C24H33N3O5SSi. The van der Waals surface area contributed by atoms with Crippen LogP contribution in [0, 0.1) is 0 Å². The summed E-state index contributed by atoms with van der Waals surface area (Å²) in [7, 11) is -1.45. The van der Waals surface area contributed by atoms with E-state index in [0.717, 1.165) is 10.4 Å². The molecule has 1 N–H and O–H groups in total. The molecule has 2 aromatic carbocycles. The van der Waals surface area contributed by atoms with Crippen LogP contribution in [0.4, 0.5) is 0 Å². The SMILES string of the molecule is COOC1[C@@H](N=[N+]=[N-])[C@H](O)C(CO[Si](c2ccccc2)(c2ccccc2)C(C)(C)C)O[C@H]1SC. The first kappa shape index (κ1) is 26.7. The van der Waals surface area contributed by atoms with Gasteiger partial charge in [-0.1, -0.05) is 86.5 Å². The summed E-state index contributed by atoms with van der Waals surface area (Å²) in [4.78, 5) is 13.1. The van der Waals surface area contributed by atoms with E-state index in [2.05, 4.69) is 55.1 Å². The fraction of sp³-hybridized carbons (Fsp3) is 0.500. The fourth-order valence-electron chi connectivity index (χ4n) is 4.61. The third-order valence-corrected chi connectivity index (χ3v) is 12.0. The number of ether oxygens (including phenoxy) is 1. The van der Waals surface area contributed by atoms with E-state index in [0.29, 0.717) is 0 Å². The van der Waals surface area contributed by atoms with Crippen LogP contribution in [0.5, 0.6) is 0 Å². The summed E-state index contributed by atoms with van der Waals surface area (Å²) in [6.07, 6.45) is -0.735. The molecule has 0 bridgehead atoms. The molecule has 0 aromatic heterocycles. The largest absolute Gasteiger partial charge is 0.405 e. The third-order valence-electron chi connectivity index (χ3n) is 6.15. The lowest BCUT2D eigenvalue weighted by molar-refractivity contribution is -0.338. The standard InChI is InChI=1S/C24H33N3O5SSi/c1-24(2,3)34(17-12-8-6-9-13-17,18-14-10-7-11-15-18)30-16-19-21(28)20(26-27-25)22(32-29-4)23(31-19)33-5/h6-15,19-23,28H,16H2,1-5H3/t19?,20-,21+,22?,23-/m0/s1. The van der Waals surface area contributed by atoms with E-state index in [4.69, 9.17) is 24.5 Å². The van der Waals surface area contributed by atoms with Crippen molar-refractivity contribution in [2.75, 3.05) is 20.0 Å². The highest BCUT2D eigenvalue weighted by atomic mass is 32.2. The van der Waals surface area contributed by atoms with Crippen molar-refractivity contribution in [1.82, 2.24) is 0 Å². The van der Waals surface area contributed by atoms with Crippen LogP contribution in [0.1, 0.15) is 20.8 Å². The Bertz CT molecular complexity index is 917. The molecule has 0 aliphatic carbocycles. The van der Waals surface area contributed by atoms with Crippen LogP contribution in [0.2, 0.25) is 5.04 Å². The van der Waals surface area contributed by atoms with Gasteiger partial charge in [-0.2, -0.15) is 0 Å². The minimum atomic E-state index is -2.83. The van der Waals surface area contributed by atoms with Crippen molar-refractivity contribution in [2.45, 2.75) is 55.6 Å². The molecule has 1 aliphatic heterocycles. The number of hydrogen-bond donors (Lipinski definition) is 1. The van der Waals surface area contributed by atoms with Gasteiger partial charge >= 0.3 is 0 Å². The lowest BCUT2D eigenvalue weighted by Gasteiger charge is -2.46. The minimum absolute atomic E-state index is 0.128. The van der Waals surface area contributed by atoms with Crippen molar-refractivity contribution in [3.63, 3.8) is 0 Å². The van der Waals surface area contributed by atoms with Gasteiger partial charge < -0.3 is 14.3 Å². The summed E-state index contributed by atoms with van der Waals surface area (Å²) in [5.41, 5.74) is 8.60. The molecule has 2 aromatic rings. The van der Waals surface area contributed by atoms with Crippen molar-refractivity contribution in [3.05, 3.63) is 71.1 Å². The average molecular weight is 504 g/mol. The van der Waals surface area contributed by atoms with Gasteiger partial charge in [0.25, 0.3) is 8.32 Å². The monoisotopic (exact) mass is 503 g/mol. The smallest absolute Gasteiger partial charge is 0.261 e. The maximum absolute atomic E-state index is 11.1. The molecule has 8 nitrogen and oxygen atoms in total. The van der Waals surface area contributed by atoms with E-state index in [1.807, 2.05) is 42.7 Å². The summed E-state index contributed by atoms with van der Waals surface area (Å²) >= 11 is 1.40. The molecule has 1 saturated heterocycles. The molecule has 10 heteroatoms. The van der Waals surface area contributed by atoms with E-state index in [1.54, 1.807) is 0 Å². The molecule has 0 amide bonds. The van der Waals surface area contributed by atoms with E-state index >= 15 is 0 Å². The van der Waals surface area contributed by atoms with Crippen LogP contribution in [-0.4, -0.2) is 63.2 Å². The minimum Gasteiger partial charge on any atom is -0.405 e. The summed E-state index contributed by atoms with van der Waals surface area (Å²) in [6, 6.07) is 19.6. The van der Waals surface area contributed by atoms with Crippen LogP contribution in [0.25, 0.3) is 10.4 Å². The Morgan fingerprint density at radius 1 is 1.09 bits per heavy atom. The molecule has 3 rings (SSSR count). The van der Waals surface area contributed by atoms with E-state index in [9.17, 15) is 5.11 Å². The van der Waals surface area contributed by atoms with Gasteiger partial charge in [-0.3, -0.25) is 0 Å². The topological polar surface area (TPSA) is 106 Å². The summed E-state index contributed by atoms with van der Waals surface area (Å²) in [5.74, 6) is 0. The summed E-state index contributed by atoms with van der Waals surface area (Å²) < 4.78 is 13.1. The quantitative estimate of drug-likeness (QED) is 0.140. The second-order valence-electron chi connectivity index (χ2n) is 9.17. The first-order valence-corrected chi connectivity index (χ1v) is 14.3. The lowest BCUT2D eigenvalue weighted by Crippen LogP contribution is -2.68. The highest BCUT2D eigenvalue weighted by molar-refractivity contribution is 7.99. The molecule has 34 heavy (non-hydrogen) atoms. The molecule has 184 valence electrons. The zero-order valence-corrected chi connectivity index (χ0v) is 22.0. The van der Waals surface area contributed by atoms with E-state index in [-0.39, 0.29) is 11.6 Å². The van der Waals surface area contributed by atoms with Gasteiger partial charge in [0.2, 0.25) is 0 Å². The Morgan fingerprint density at radius 3 is 2.09 bits per heavy atom. The van der Waals surface area contributed by atoms with Gasteiger partial charge in [0.15, 0.2) is 0 Å². The Hall–Kier alpha value is -1.88. The number of aliphatic hydroxyl groups is 1. The number of hydrogen-bond acceptors (Lipinski definition) is 7. The number of benzene rings is 2. The third kappa shape index (κ3) is 5.34. The zero-order chi connectivity index (χ0) is 24.8. The molecule has 0 radical (unpaired) electrons. The van der Waals surface area contributed by atoms with Crippen LogP contribution in [-0.2, 0) is 18.9 Å². The summed E-state index contributed by atoms with van der Waals surface area (Å²) in [6.45, 7) is 6.69. The normalized spacial score (nSPS) is 25.5. The van der Waals surface area contributed by atoms with Crippen LogP contribution in [0.3, 0.4) is 0 Å². The van der Waals surface area contributed by atoms with Crippen LogP contribution < -0.4 is 10.4 Å². The first-order chi connectivity index (χ1) is 16.3. The highest BCUT2D eigenvalue weighted by Crippen LogP contribution is 2.38. The fourth-order valence-corrected chi connectivity index (χ4v) is 9.91. The number of nitrogens with zero attached hydrogens (tertiary/aromatic N) is 3. The van der Waals surface area contributed by atoms with Gasteiger partial charge in [0.05, 0.1) is 25.9 Å². The molecule has 5 atom stereocenters. The van der Waals surface area contributed by atoms with Crippen molar-refractivity contribution in [2.24, 2.45) is 5.11 Å². The highest BCUT2D eigenvalue weighted by Gasteiger charge is 2.52. The maximum Gasteiger partial charge on any atom is 0.261 e. The Balaban J connectivity index is 2.00. The molecule has 2 unspecified atom stereocenters. The number of aliphatic hydroxyl groups excluding tert-OH is 1. The number of azide groups is 1. The second kappa shape index (κ2) is 11.7. The molecule has 1 heterocycles. The Morgan fingerprint density at radius 2 is 1.65 bits per heavy atom. The molecule has 1 fully saturated rings. The molecule has 1 aliphatic rings. The van der Waals surface area contributed by atoms with Gasteiger partial charge in [-0.15, -0.1) is 11.8 Å². The van der Waals surface area contributed by atoms with Crippen LogP contribution in [0.15, 0.2) is 65.8 Å². The number of rotatable bonds is 9. The van der Waals surface area contributed by atoms with Crippen LogP contribution >= 0.6 is 11.8 Å². The van der Waals surface area contributed by atoms with Crippen molar-refractivity contribution < 1.29 is 24.0 Å². The van der Waals surface area contributed by atoms with E-state index in [1.165, 1.54) is 18.9 Å². The van der Waals surface area contributed by atoms with Crippen molar-refractivity contribution in [1.29, 1.82) is 0 Å². The molecule has 0 saturated carbocycles. The second-order valence-corrected chi connectivity index (χ2v) is 14.4. The molecular weight excluding hydrogens is 470 g/mol. The average Bonchev–Trinajstić information content (AvgIpc) is 2.83. The van der Waals surface area contributed by atoms with Gasteiger partial charge in [0.1, 0.15) is 17.6 Å². The predicted octanol–water partition coefficient (Wildman–Crippen LogP) is 3.64. The van der Waals surface area contributed by atoms with Gasteiger partial charge in [-0.05, 0) is 27.2 Å². The van der Waals surface area contributed by atoms with Crippen molar-refractivity contribution >= 4 is 30.5 Å². The van der Waals surface area contributed by atoms with Crippen molar-refractivity contribution in [3.8, 4) is 0 Å². The van der Waals surface area contributed by atoms with Gasteiger partial charge in [0, 0.05) is 4.91 Å².